The molecule has 2 aromatic carbocycles. The van der Waals surface area contributed by atoms with Crippen LogP contribution >= 0.6 is 0 Å². The highest BCUT2D eigenvalue weighted by molar-refractivity contribution is 5.33. The first-order chi connectivity index (χ1) is 9.34. The van der Waals surface area contributed by atoms with E-state index in [9.17, 15) is 13.2 Å². The minimum Gasteiger partial charge on any atom is -0.323 e. The highest BCUT2D eigenvalue weighted by atomic mass is 19.1. The van der Waals surface area contributed by atoms with E-state index in [1.165, 1.54) is 30.3 Å². The fourth-order valence-electron chi connectivity index (χ4n) is 2.23. The zero-order chi connectivity index (χ0) is 14.9. The van der Waals surface area contributed by atoms with Crippen molar-refractivity contribution in [2.24, 2.45) is 5.73 Å². The van der Waals surface area contributed by atoms with Crippen LogP contribution in [-0.4, -0.2) is 0 Å². The molecule has 2 aromatic rings. The lowest BCUT2D eigenvalue weighted by molar-refractivity contribution is 0.390. The molecule has 20 heavy (non-hydrogen) atoms. The van der Waals surface area contributed by atoms with Crippen LogP contribution in [0.1, 0.15) is 31.0 Å². The maximum Gasteiger partial charge on any atom is 0.130 e. The molecule has 4 heteroatoms. The van der Waals surface area contributed by atoms with Crippen LogP contribution in [0.5, 0.6) is 0 Å². The van der Waals surface area contributed by atoms with E-state index >= 15 is 0 Å². The van der Waals surface area contributed by atoms with Crippen molar-refractivity contribution in [2.75, 3.05) is 0 Å². The van der Waals surface area contributed by atoms with E-state index in [1.807, 2.05) is 0 Å². The lowest BCUT2D eigenvalue weighted by atomic mass is 9.75. The van der Waals surface area contributed by atoms with E-state index in [0.29, 0.717) is 5.56 Å². The van der Waals surface area contributed by atoms with Crippen LogP contribution in [0, 0.1) is 17.5 Å². The van der Waals surface area contributed by atoms with Crippen molar-refractivity contribution in [3.05, 3.63) is 71.0 Å². The van der Waals surface area contributed by atoms with Gasteiger partial charge < -0.3 is 5.73 Å². The molecule has 0 saturated heterocycles. The third-order valence-corrected chi connectivity index (χ3v) is 3.68. The Morgan fingerprint density at radius 3 is 1.90 bits per heavy atom. The summed E-state index contributed by atoms with van der Waals surface area (Å²) >= 11 is 0. The summed E-state index contributed by atoms with van der Waals surface area (Å²) < 4.78 is 40.6. The molecule has 0 aromatic heterocycles. The van der Waals surface area contributed by atoms with Gasteiger partial charge in [0.15, 0.2) is 0 Å². The van der Waals surface area contributed by atoms with Gasteiger partial charge in [-0.05, 0) is 29.8 Å². The quantitative estimate of drug-likeness (QED) is 0.900. The summed E-state index contributed by atoms with van der Waals surface area (Å²) in [6, 6.07) is 8.54. The molecule has 2 N–H and O–H groups in total. The van der Waals surface area contributed by atoms with E-state index in [-0.39, 0.29) is 11.4 Å². The molecule has 0 heterocycles. The summed E-state index contributed by atoms with van der Waals surface area (Å²) in [4.78, 5) is 0. The van der Waals surface area contributed by atoms with E-state index in [1.54, 1.807) is 26.0 Å². The van der Waals surface area contributed by atoms with E-state index < -0.39 is 23.1 Å². The molecule has 0 aliphatic rings. The number of benzene rings is 2. The summed E-state index contributed by atoms with van der Waals surface area (Å²) in [6.07, 6.45) is 0. The number of hydrogen-bond acceptors (Lipinski definition) is 1. The monoisotopic (exact) mass is 279 g/mol. The van der Waals surface area contributed by atoms with Crippen molar-refractivity contribution in [1.82, 2.24) is 0 Å². The van der Waals surface area contributed by atoms with Crippen molar-refractivity contribution in [3.8, 4) is 0 Å². The minimum atomic E-state index is -0.880. The highest BCUT2D eigenvalue weighted by Gasteiger charge is 2.33. The van der Waals surface area contributed by atoms with Crippen LogP contribution in [0.3, 0.4) is 0 Å². The Bertz CT molecular complexity index is 585. The molecule has 0 amide bonds. The Balaban J connectivity index is 2.45. The first-order valence-electron chi connectivity index (χ1n) is 6.29. The molecular formula is C16H16F3N. The largest absolute Gasteiger partial charge is 0.323 e. The van der Waals surface area contributed by atoms with Crippen LogP contribution in [0.15, 0.2) is 42.5 Å². The average molecular weight is 279 g/mol. The smallest absolute Gasteiger partial charge is 0.130 e. The Labute approximate surface area is 116 Å². The van der Waals surface area contributed by atoms with Crippen LogP contribution in [0.25, 0.3) is 0 Å². The van der Waals surface area contributed by atoms with Gasteiger partial charge in [0.1, 0.15) is 17.5 Å². The molecule has 0 fully saturated rings. The summed E-state index contributed by atoms with van der Waals surface area (Å²) in [5.74, 6) is -1.71. The lowest BCUT2D eigenvalue weighted by Gasteiger charge is -2.33. The Morgan fingerprint density at radius 1 is 0.900 bits per heavy atom. The van der Waals surface area contributed by atoms with Gasteiger partial charge in [-0.25, -0.2) is 13.2 Å². The Hall–Kier alpha value is -1.81. The van der Waals surface area contributed by atoms with Gasteiger partial charge in [0.05, 0.1) is 0 Å². The first kappa shape index (κ1) is 14.6. The van der Waals surface area contributed by atoms with Gasteiger partial charge in [0.2, 0.25) is 0 Å². The molecule has 0 aliphatic carbocycles. The summed E-state index contributed by atoms with van der Waals surface area (Å²) in [6.45, 7) is 3.55. The highest BCUT2D eigenvalue weighted by Crippen LogP contribution is 2.37. The SMILES string of the molecule is CC(C)(c1ccc(F)cc1)C(N)c1c(F)cccc1F. The van der Waals surface area contributed by atoms with Gasteiger partial charge in [-0.3, -0.25) is 0 Å². The number of rotatable bonds is 3. The molecule has 0 spiro atoms. The summed E-state index contributed by atoms with van der Waals surface area (Å²) in [7, 11) is 0. The second-order valence-electron chi connectivity index (χ2n) is 5.34. The van der Waals surface area contributed by atoms with Crippen LogP contribution in [0.4, 0.5) is 13.2 Å². The molecule has 0 bridgehead atoms. The maximum atomic E-state index is 13.8. The number of nitrogens with two attached hydrogens (primary N) is 1. The second kappa shape index (κ2) is 5.29. The second-order valence-corrected chi connectivity index (χ2v) is 5.34. The van der Waals surface area contributed by atoms with Crippen molar-refractivity contribution in [2.45, 2.75) is 25.3 Å². The van der Waals surface area contributed by atoms with Crippen LogP contribution in [0.2, 0.25) is 0 Å². The van der Waals surface area contributed by atoms with Crippen LogP contribution < -0.4 is 5.73 Å². The van der Waals surface area contributed by atoms with Gasteiger partial charge in [0, 0.05) is 17.0 Å². The molecule has 1 atom stereocenters. The van der Waals surface area contributed by atoms with Gasteiger partial charge in [-0.1, -0.05) is 32.0 Å². The molecule has 0 radical (unpaired) electrons. The van der Waals surface area contributed by atoms with Gasteiger partial charge in [-0.15, -0.1) is 0 Å². The average Bonchev–Trinajstić information content (AvgIpc) is 2.38. The topological polar surface area (TPSA) is 26.0 Å². The maximum absolute atomic E-state index is 13.8. The Kier molecular flexibility index (Phi) is 3.86. The summed E-state index contributed by atoms with van der Waals surface area (Å²) in [5.41, 5.74) is 5.90. The normalized spacial score (nSPS) is 13.3. The standard InChI is InChI=1S/C16H16F3N/c1-16(2,10-6-8-11(17)9-7-10)15(20)14-12(18)4-3-5-13(14)19/h3-9,15H,20H2,1-2H3. The van der Waals surface area contributed by atoms with Gasteiger partial charge >= 0.3 is 0 Å². The minimum absolute atomic E-state index is 0.151. The predicted octanol–water partition coefficient (Wildman–Crippen LogP) is 4.08. The van der Waals surface area contributed by atoms with Crippen LogP contribution in [-0.2, 0) is 5.41 Å². The third kappa shape index (κ3) is 2.56. The van der Waals surface area contributed by atoms with Gasteiger partial charge in [0.25, 0.3) is 0 Å². The number of hydrogen-bond donors (Lipinski definition) is 1. The molecule has 2 rings (SSSR count). The summed E-state index contributed by atoms with van der Waals surface area (Å²) in [5, 5.41) is 0. The van der Waals surface area contributed by atoms with Gasteiger partial charge in [-0.2, -0.15) is 0 Å². The first-order valence-corrected chi connectivity index (χ1v) is 6.29. The molecule has 0 aliphatic heterocycles. The lowest BCUT2D eigenvalue weighted by Crippen LogP contribution is -2.34. The molecule has 1 nitrogen and oxygen atoms in total. The molecule has 0 saturated carbocycles. The fourth-order valence-corrected chi connectivity index (χ4v) is 2.23. The third-order valence-electron chi connectivity index (χ3n) is 3.68. The number of halogens is 3. The zero-order valence-electron chi connectivity index (χ0n) is 11.3. The molecular weight excluding hydrogens is 263 g/mol. The van der Waals surface area contributed by atoms with Crippen molar-refractivity contribution in [3.63, 3.8) is 0 Å². The fraction of sp³-hybridized carbons (Fsp3) is 0.250. The van der Waals surface area contributed by atoms with Crippen molar-refractivity contribution < 1.29 is 13.2 Å². The predicted molar refractivity (Wildman–Crippen MR) is 72.7 cm³/mol. The zero-order valence-corrected chi connectivity index (χ0v) is 11.3. The van der Waals surface area contributed by atoms with E-state index in [0.717, 1.165) is 0 Å². The van der Waals surface area contributed by atoms with Crippen molar-refractivity contribution >= 4 is 0 Å². The molecule has 106 valence electrons. The van der Waals surface area contributed by atoms with E-state index in [4.69, 9.17) is 5.73 Å². The van der Waals surface area contributed by atoms with E-state index in [2.05, 4.69) is 0 Å². The Morgan fingerprint density at radius 2 is 1.40 bits per heavy atom. The molecule has 1 unspecified atom stereocenters. The van der Waals surface area contributed by atoms with Crippen molar-refractivity contribution in [1.29, 1.82) is 0 Å².